The first-order valence-electron chi connectivity index (χ1n) is 8.90. The number of sulfonamides is 1. The van der Waals surface area contributed by atoms with Crippen LogP contribution in [0, 0.1) is 18.2 Å². The van der Waals surface area contributed by atoms with E-state index in [1.54, 1.807) is 0 Å². The number of rotatable bonds is 3. The zero-order valence-corrected chi connectivity index (χ0v) is 17.4. The molecule has 2 aromatic rings. The second-order valence-electron chi connectivity index (χ2n) is 7.21. The Balaban J connectivity index is 1.99. The van der Waals surface area contributed by atoms with Crippen LogP contribution in [-0.4, -0.2) is 42.2 Å². The fourth-order valence-electron chi connectivity index (χ4n) is 3.01. The molecule has 13 heteroatoms. The van der Waals surface area contributed by atoms with E-state index in [4.69, 9.17) is 11.2 Å². The molecule has 8 nitrogen and oxygen atoms in total. The van der Waals surface area contributed by atoms with Gasteiger partial charge in [-0.05, 0) is 25.1 Å². The van der Waals surface area contributed by atoms with Crippen LogP contribution in [0.25, 0.3) is 0 Å². The van der Waals surface area contributed by atoms with Gasteiger partial charge in [-0.25, -0.2) is 17.5 Å². The number of ether oxygens (including phenoxy) is 1. The maximum atomic E-state index is 13.5. The standard InChI is InChI=1S/C19H17F4N3O5S/c1-4-18(2,28)14-9-31-16-13(32(29,30)25-14)8-26(3)15(16)17(27)24-10-5-6-12(20)11(7-10)19(21,22)23/h1,5-8,14,25,28H,9H2,2-3H3,(H,24,27)/t14-,18?/m0/s1. The molecule has 1 amide bonds. The molecule has 172 valence electrons. The topological polar surface area (TPSA) is 110 Å². The zero-order valence-electron chi connectivity index (χ0n) is 16.6. The molecule has 0 bridgehead atoms. The Morgan fingerprint density at radius 2 is 2.06 bits per heavy atom. The Kier molecular flexibility index (Phi) is 5.75. The minimum Gasteiger partial charge on any atom is -0.488 e. The molecule has 0 saturated carbocycles. The van der Waals surface area contributed by atoms with Gasteiger partial charge in [-0.3, -0.25) is 4.79 Å². The van der Waals surface area contributed by atoms with Crippen LogP contribution >= 0.6 is 0 Å². The largest absolute Gasteiger partial charge is 0.488 e. The number of hydrogen-bond donors (Lipinski definition) is 3. The van der Waals surface area contributed by atoms with E-state index in [1.807, 2.05) is 5.92 Å². The van der Waals surface area contributed by atoms with E-state index in [0.29, 0.717) is 12.1 Å². The van der Waals surface area contributed by atoms with Gasteiger partial charge in [-0.2, -0.15) is 13.2 Å². The van der Waals surface area contributed by atoms with Crippen molar-refractivity contribution in [2.75, 3.05) is 11.9 Å². The Morgan fingerprint density at radius 3 is 2.66 bits per heavy atom. The highest BCUT2D eigenvalue weighted by atomic mass is 32.2. The molecule has 0 aliphatic carbocycles. The van der Waals surface area contributed by atoms with E-state index in [2.05, 4.69) is 10.0 Å². The summed E-state index contributed by atoms with van der Waals surface area (Å²) in [6.07, 6.45) is 1.31. The fraction of sp³-hybridized carbons (Fsp3) is 0.316. The van der Waals surface area contributed by atoms with E-state index < -0.39 is 56.6 Å². The van der Waals surface area contributed by atoms with Crippen LogP contribution in [0.5, 0.6) is 5.75 Å². The molecule has 1 aromatic carbocycles. The number of carbonyl (C=O) groups is 1. The summed E-state index contributed by atoms with van der Waals surface area (Å²) in [6, 6.07) is 0.622. The van der Waals surface area contributed by atoms with Crippen LogP contribution in [0.3, 0.4) is 0 Å². The second-order valence-corrected chi connectivity index (χ2v) is 8.89. The van der Waals surface area contributed by atoms with E-state index in [-0.39, 0.29) is 17.1 Å². The molecule has 0 spiro atoms. The first-order valence-corrected chi connectivity index (χ1v) is 10.4. The van der Waals surface area contributed by atoms with Crippen LogP contribution in [0.2, 0.25) is 0 Å². The monoisotopic (exact) mass is 475 g/mol. The molecule has 2 atom stereocenters. The van der Waals surface area contributed by atoms with Gasteiger partial charge in [-0.1, -0.05) is 5.92 Å². The summed E-state index contributed by atoms with van der Waals surface area (Å²) in [6.45, 7) is 0.752. The van der Waals surface area contributed by atoms with Crippen molar-refractivity contribution in [2.24, 2.45) is 7.05 Å². The van der Waals surface area contributed by atoms with E-state index in [0.717, 1.165) is 16.8 Å². The lowest BCUT2D eigenvalue weighted by atomic mass is 9.99. The molecule has 1 aromatic heterocycles. The number of fused-ring (bicyclic) bond motifs is 1. The van der Waals surface area contributed by atoms with Crippen molar-refractivity contribution in [3.8, 4) is 18.1 Å². The van der Waals surface area contributed by atoms with Gasteiger partial charge in [0.25, 0.3) is 5.91 Å². The number of carbonyl (C=O) groups excluding carboxylic acids is 1. The van der Waals surface area contributed by atoms with E-state index >= 15 is 0 Å². The lowest BCUT2D eigenvalue weighted by Crippen LogP contribution is -2.52. The second kappa shape index (κ2) is 7.80. The van der Waals surface area contributed by atoms with Gasteiger partial charge in [0.15, 0.2) is 11.4 Å². The van der Waals surface area contributed by atoms with Gasteiger partial charge < -0.3 is 19.7 Å². The van der Waals surface area contributed by atoms with Gasteiger partial charge in [0.1, 0.15) is 22.9 Å². The number of aromatic nitrogens is 1. The normalized spacial score (nSPS) is 19.6. The highest BCUT2D eigenvalue weighted by Gasteiger charge is 2.41. The van der Waals surface area contributed by atoms with Crippen molar-refractivity contribution in [3.63, 3.8) is 0 Å². The van der Waals surface area contributed by atoms with E-state index in [1.165, 1.54) is 14.0 Å². The highest BCUT2D eigenvalue weighted by Crippen LogP contribution is 2.35. The first kappa shape index (κ1) is 23.6. The Morgan fingerprint density at radius 1 is 1.41 bits per heavy atom. The summed E-state index contributed by atoms with van der Waals surface area (Å²) >= 11 is 0. The zero-order chi connectivity index (χ0) is 24.1. The number of benzene rings is 1. The molecule has 3 N–H and O–H groups in total. The molecule has 3 rings (SSSR count). The molecule has 0 saturated heterocycles. The summed E-state index contributed by atoms with van der Waals surface area (Å²) in [7, 11) is -2.97. The first-order chi connectivity index (χ1) is 14.7. The Bertz CT molecular complexity index is 1230. The van der Waals surface area contributed by atoms with Crippen molar-refractivity contribution >= 4 is 21.6 Å². The average Bonchev–Trinajstić information content (AvgIpc) is 2.96. The number of amides is 1. The third kappa shape index (κ3) is 4.29. The fourth-order valence-corrected chi connectivity index (χ4v) is 4.51. The smallest absolute Gasteiger partial charge is 0.419 e. The number of anilines is 1. The molecule has 2 heterocycles. The van der Waals surface area contributed by atoms with Crippen molar-refractivity contribution in [3.05, 3.63) is 41.5 Å². The van der Waals surface area contributed by atoms with Crippen LogP contribution in [0.15, 0.2) is 29.3 Å². The van der Waals surface area contributed by atoms with Gasteiger partial charge in [0, 0.05) is 18.9 Å². The maximum absolute atomic E-state index is 13.5. The number of terminal acetylenes is 1. The van der Waals surface area contributed by atoms with Crippen molar-refractivity contribution in [1.82, 2.24) is 9.29 Å². The van der Waals surface area contributed by atoms with Gasteiger partial charge in [0.05, 0.1) is 11.6 Å². The number of halogens is 4. The molecular formula is C19H17F4N3O5S. The molecule has 0 fully saturated rings. The van der Waals surface area contributed by atoms with Gasteiger partial charge in [-0.15, -0.1) is 6.42 Å². The molecule has 1 unspecified atom stereocenters. The number of aryl methyl sites for hydroxylation is 1. The Hall–Kier alpha value is -3.08. The number of nitrogens with one attached hydrogen (secondary N) is 2. The van der Waals surface area contributed by atoms with Crippen molar-refractivity contribution in [2.45, 2.75) is 29.6 Å². The highest BCUT2D eigenvalue weighted by molar-refractivity contribution is 7.89. The third-order valence-electron chi connectivity index (χ3n) is 4.80. The molecule has 32 heavy (non-hydrogen) atoms. The van der Waals surface area contributed by atoms with E-state index in [9.17, 15) is 35.9 Å². The molecule has 1 aliphatic heterocycles. The van der Waals surface area contributed by atoms with Gasteiger partial charge in [0.2, 0.25) is 10.0 Å². The maximum Gasteiger partial charge on any atom is 0.419 e. The predicted molar refractivity (Wildman–Crippen MR) is 104 cm³/mol. The predicted octanol–water partition coefficient (Wildman–Crippen LogP) is 1.86. The van der Waals surface area contributed by atoms with Crippen molar-refractivity contribution < 1.29 is 40.6 Å². The van der Waals surface area contributed by atoms with Gasteiger partial charge >= 0.3 is 6.18 Å². The van der Waals surface area contributed by atoms with Crippen molar-refractivity contribution in [1.29, 1.82) is 0 Å². The number of aliphatic hydroxyl groups is 1. The summed E-state index contributed by atoms with van der Waals surface area (Å²) in [5, 5.41) is 12.4. The quantitative estimate of drug-likeness (QED) is 0.464. The van der Waals surface area contributed by atoms with Crippen LogP contribution in [-0.2, 0) is 23.2 Å². The SMILES string of the molecule is C#CC(C)(O)[C@@H]1COc2c(cn(C)c2C(=O)Nc2ccc(F)c(C(F)(F)F)c2)S(=O)(=O)N1. The van der Waals surface area contributed by atoms with Crippen LogP contribution in [0.1, 0.15) is 23.0 Å². The molecule has 1 aliphatic rings. The number of nitrogens with zero attached hydrogens (tertiary/aromatic N) is 1. The Labute approximate surface area is 180 Å². The minimum absolute atomic E-state index is 0.329. The lowest BCUT2D eigenvalue weighted by molar-refractivity contribution is -0.139. The van der Waals surface area contributed by atoms with Crippen LogP contribution < -0.4 is 14.8 Å². The lowest BCUT2D eigenvalue weighted by Gasteiger charge is -2.26. The number of alkyl halides is 3. The summed E-state index contributed by atoms with van der Waals surface area (Å²) in [5.41, 5.74) is -4.20. The summed E-state index contributed by atoms with van der Waals surface area (Å²) < 4.78 is 86.5. The van der Waals surface area contributed by atoms with Crippen LogP contribution in [0.4, 0.5) is 23.2 Å². The molecule has 0 radical (unpaired) electrons. The molecular weight excluding hydrogens is 458 g/mol. The third-order valence-corrected chi connectivity index (χ3v) is 6.26. The number of hydrogen-bond acceptors (Lipinski definition) is 5. The average molecular weight is 475 g/mol. The summed E-state index contributed by atoms with van der Waals surface area (Å²) in [4.78, 5) is 12.4. The minimum atomic E-state index is -4.99. The summed E-state index contributed by atoms with van der Waals surface area (Å²) in [5.74, 6) is -0.870.